The summed E-state index contributed by atoms with van der Waals surface area (Å²) in [4.78, 5) is 25.8. The Hall–Kier alpha value is -3.38. The third-order valence-electron chi connectivity index (χ3n) is 5.92. The molecule has 1 saturated heterocycles. The van der Waals surface area contributed by atoms with Crippen LogP contribution in [0.4, 0.5) is 0 Å². The monoisotopic (exact) mass is 462 g/mol. The highest BCUT2D eigenvalue weighted by Crippen LogP contribution is 2.26. The van der Waals surface area contributed by atoms with E-state index in [1.54, 1.807) is 6.08 Å². The number of halogens is 1. The summed E-state index contributed by atoms with van der Waals surface area (Å²) in [6, 6.07) is 17.7. The third-order valence-corrected chi connectivity index (χ3v) is 6.17. The molecule has 7 heteroatoms. The maximum absolute atomic E-state index is 12.8. The van der Waals surface area contributed by atoms with Gasteiger partial charge in [0.2, 0.25) is 11.8 Å². The maximum Gasteiger partial charge on any atom is 0.246 e. The third kappa shape index (κ3) is 6.11. The zero-order chi connectivity index (χ0) is 23.2. The average Bonchev–Trinajstić information content (AvgIpc) is 3.21. The maximum atomic E-state index is 12.8. The molecule has 2 amide bonds. The Kier molecular flexibility index (Phi) is 7.25. The van der Waals surface area contributed by atoms with Gasteiger partial charge in [0.05, 0.1) is 12.2 Å². The van der Waals surface area contributed by atoms with E-state index in [1.807, 2.05) is 64.3 Å². The lowest BCUT2D eigenvalue weighted by Crippen LogP contribution is -2.38. The fraction of sp³-hybridized carbons (Fsp3) is 0.269. The number of likely N-dealkylation sites (tertiary alicyclic amines) is 1. The molecule has 1 fully saturated rings. The first-order valence-electron chi connectivity index (χ1n) is 11.1. The van der Waals surface area contributed by atoms with Crippen molar-refractivity contribution >= 4 is 29.5 Å². The molecule has 33 heavy (non-hydrogen) atoms. The van der Waals surface area contributed by atoms with Crippen molar-refractivity contribution in [1.82, 2.24) is 14.7 Å². The second-order valence-electron chi connectivity index (χ2n) is 8.40. The molecule has 6 nitrogen and oxygen atoms in total. The van der Waals surface area contributed by atoms with Gasteiger partial charge in [-0.05, 0) is 42.5 Å². The van der Waals surface area contributed by atoms with E-state index < -0.39 is 0 Å². The highest BCUT2D eigenvalue weighted by molar-refractivity contribution is 6.30. The summed E-state index contributed by atoms with van der Waals surface area (Å²) in [6.45, 7) is 1.91. The summed E-state index contributed by atoms with van der Waals surface area (Å²) in [5.41, 5.74) is 9.05. The van der Waals surface area contributed by atoms with Crippen LogP contribution in [0.25, 0.3) is 17.3 Å². The quantitative estimate of drug-likeness (QED) is 0.529. The normalized spacial score (nSPS) is 14.6. The molecule has 0 aliphatic carbocycles. The van der Waals surface area contributed by atoms with E-state index in [4.69, 9.17) is 22.4 Å². The summed E-state index contributed by atoms with van der Waals surface area (Å²) < 4.78 is 1.89. The number of rotatable bonds is 7. The van der Waals surface area contributed by atoms with E-state index in [-0.39, 0.29) is 17.7 Å². The number of benzene rings is 2. The summed E-state index contributed by atoms with van der Waals surface area (Å²) in [6.07, 6.45) is 7.39. The van der Waals surface area contributed by atoms with Gasteiger partial charge in [-0.15, -0.1) is 0 Å². The molecule has 1 aromatic heterocycles. The molecule has 2 N–H and O–H groups in total. The predicted molar refractivity (Wildman–Crippen MR) is 130 cm³/mol. The van der Waals surface area contributed by atoms with Crippen LogP contribution < -0.4 is 5.73 Å². The number of nitrogens with two attached hydrogens (primary N) is 1. The molecule has 0 unspecified atom stereocenters. The van der Waals surface area contributed by atoms with Crippen molar-refractivity contribution in [2.75, 3.05) is 13.1 Å². The second-order valence-corrected chi connectivity index (χ2v) is 8.83. The van der Waals surface area contributed by atoms with Crippen LogP contribution in [-0.4, -0.2) is 39.6 Å². The van der Waals surface area contributed by atoms with E-state index in [1.165, 1.54) is 0 Å². The number of hydrogen-bond acceptors (Lipinski definition) is 3. The van der Waals surface area contributed by atoms with E-state index >= 15 is 0 Å². The van der Waals surface area contributed by atoms with Gasteiger partial charge in [-0.1, -0.05) is 54.1 Å². The molecular formula is C26H27ClN4O2. The van der Waals surface area contributed by atoms with Crippen molar-refractivity contribution in [3.05, 3.63) is 83.0 Å². The number of carbonyl (C=O) groups is 2. The lowest BCUT2D eigenvalue weighted by molar-refractivity contribution is -0.127. The van der Waals surface area contributed by atoms with Crippen LogP contribution in [0.3, 0.4) is 0 Å². The molecule has 1 aliphatic rings. The molecule has 0 saturated carbocycles. The number of hydrogen-bond donors (Lipinski definition) is 1. The number of aromatic nitrogens is 2. The summed E-state index contributed by atoms with van der Waals surface area (Å²) >= 11 is 6.06. The first-order valence-corrected chi connectivity index (χ1v) is 11.5. The minimum Gasteiger partial charge on any atom is -0.370 e. The van der Waals surface area contributed by atoms with Gasteiger partial charge in [0.25, 0.3) is 0 Å². The average molecular weight is 463 g/mol. The number of piperidine rings is 1. The molecule has 0 radical (unpaired) electrons. The van der Waals surface area contributed by atoms with Crippen molar-refractivity contribution in [3.8, 4) is 11.3 Å². The van der Waals surface area contributed by atoms with Gasteiger partial charge in [-0.2, -0.15) is 5.10 Å². The molecule has 0 bridgehead atoms. The van der Waals surface area contributed by atoms with Gasteiger partial charge in [0.15, 0.2) is 0 Å². The number of primary amides is 1. The smallest absolute Gasteiger partial charge is 0.246 e. The standard InChI is InChI=1S/C26H27ClN4O2/c27-23-9-6-21(7-10-23)26-22(18-31(29-26)17-20-4-2-1-3-5-20)8-11-25(33)30-14-12-19(13-15-30)16-24(28)32/h1-11,18-19H,12-17H2,(H2,28,32)/b11-8+. The largest absolute Gasteiger partial charge is 0.370 e. The Bertz CT molecular complexity index is 1130. The van der Waals surface area contributed by atoms with Crippen molar-refractivity contribution < 1.29 is 9.59 Å². The Labute approximate surface area is 198 Å². The fourth-order valence-corrected chi connectivity index (χ4v) is 4.28. The summed E-state index contributed by atoms with van der Waals surface area (Å²) in [5, 5.41) is 5.45. The van der Waals surface area contributed by atoms with Crippen LogP contribution in [0.1, 0.15) is 30.4 Å². The minimum absolute atomic E-state index is 0.0367. The molecule has 1 aliphatic heterocycles. The molecule has 170 valence electrons. The number of carbonyl (C=O) groups excluding carboxylic acids is 2. The Balaban J connectivity index is 1.51. The zero-order valence-electron chi connectivity index (χ0n) is 18.4. The number of nitrogens with zero attached hydrogens (tertiary/aromatic N) is 3. The highest BCUT2D eigenvalue weighted by Gasteiger charge is 2.22. The van der Waals surface area contributed by atoms with Crippen molar-refractivity contribution in [2.24, 2.45) is 11.7 Å². The topological polar surface area (TPSA) is 81.2 Å². The molecule has 0 spiro atoms. The number of amides is 2. The molecule has 3 aromatic rings. The molecule has 0 atom stereocenters. The Morgan fingerprint density at radius 2 is 1.76 bits per heavy atom. The van der Waals surface area contributed by atoms with Crippen LogP contribution in [0.2, 0.25) is 5.02 Å². The highest BCUT2D eigenvalue weighted by atomic mass is 35.5. The van der Waals surface area contributed by atoms with Crippen LogP contribution in [0, 0.1) is 5.92 Å². The van der Waals surface area contributed by atoms with Gasteiger partial charge in [0.1, 0.15) is 0 Å². The minimum atomic E-state index is -0.276. The second kappa shape index (κ2) is 10.5. The van der Waals surface area contributed by atoms with Crippen LogP contribution >= 0.6 is 11.6 Å². The summed E-state index contributed by atoms with van der Waals surface area (Å²) in [5.74, 6) is -0.0458. The van der Waals surface area contributed by atoms with Gasteiger partial charge in [0, 0.05) is 47.9 Å². The summed E-state index contributed by atoms with van der Waals surface area (Å²) in [7, 11) is 0. The SMILES string of the molecule is NC(=O)CC1CCN(C(=O)/C=C/c2cn(Cc3ccccc3)nc2-c2ccc(Cl)cc2)CC1. The molecule has 4 rings (SSSR count). The van der Waals surface area contributed by atoms with Crippen molar-refractivity contribution in [1.29, 1.82) is 0 Å². The first kappa shape index (κ1) is 22.8. The van der Waals surface area contributed by atoms with Gasteiger partial charge < -0.3 is 10.6 Å². The van der Waals surface area contributed by atoms with Crippen molar-refractivity contribution in [3.63, 3.8) is 0 Å². The predicted octanol–water partition coefficient (Wildman–Crippen LogP) is 4.38. The van der Waals surface area contributed by atoms with Gasteiger partial charge in [-0.3, -0.25) is 14.3 Å². The van der Waals surface area contributed by atoms with E-state index in [2.05, 4.69) is 12.1 Å². The molecular weight excluding hydrogens is 436 g/mol. The van der Waals surface area contributed by atoms with Gasteiger partial charge in [-0.25, -0.2) is 0 Å². The van der Waals surface area contributed by atoms with Gasteiger partial charge >= 0.3 is 0 Å². The fourth-order valence-electron chi connectivity index (χ4n) is 4.15. The van der Waals surface area contributed by atoms with Crippen LogP contribution in [0.5, 0.6) is 0 Å². The van der Waals surface area contributed by atoms with E-state index in [0.29, 0.717) is 31.1 Å². The van der Waals surface area contributed by atoms with Crippen LogP contribution in [-0.2, 0) is 16.1 Å². The lowest BCUT2D eigenvalue weighted by Gasteiger charge is -2.30. The molecule has 2 aromatic carbocycles. The Morgan fingerprint density at radius 1 is 1.06 bits per heavy atom. The first-order chi connectivity index (χ1) is 16.0. The van der Waals surface area contributed by atoms with Crippen LogP contribution in [0.15, 0.2) is 66.9 Å². The van der Waals surface area contributed by atoms with E-state index in [0.717, 1.165) is 35.2 Å². The lowest BCUT2D eigenvalue weighted by atomic mass is 9.93. The molecule has 2 heterocycles. The zero-order valence-corrected chi connectivity index (χ0v) is 19.1. The van der Waals surface area contributed by atoms with Crippen molar-refractivity contribution in [2.45, 2.75) is 25.8 Å². The van der Waals surface area contributed by atoms with E-state index in [9.17, 15) is 9.59 Å². The Morgan fingerprint density at radius 3 is 2.42 bits per heavy atom.